The number of aromatic nitrogens is 2. The number of nitrogens with zero attached hydrogens (tertiary/aromatic N) is 3. The van der Waals surface area contributed by atoms with Gasteiger partial charge in [0.25, 0.3) is 17.6 Å². The van der Waals surface area contributed by atoms with Gasteiger partial charge in [-0.25, -0.2) is 0 Å². The van der Waals surface area contributed by atoms with Crippen LogP contribution in [0.15, 0.2) is 16.7 Å². The summed E-state index contributed by atoms with van der Waals surface area (Å²) in [5, 5.41) is 13.7. The monoisotopic (exact) mass is 335 g/mol. The molecular formula is C16H18ClN3O3. The maximum atomic E-state index is 12.4. The van der Waals surface area contributed by atoms with Crippen LogP contribution in [0.4, 0.5) is 0 Å². The fourth-order valence-corrected chi connectivity index (χ4v) is 2.91. The Hall–Kier alpha value is -2.08. The van der Waals surface area contributed by atoms with E-state index in [1.165, 1.54) is 6.07 Å². The summed E-state index contributed by atoms with van der Waals surface area (Å²) in [6.07, 6.45) is 1.98. The van der Waals surface area contributed by atoms with Crippen LogP contribution in [-0.4, -0.2) is 39.1 Å². The minimum atomic E-state index is -0.214. The minimum absolute atomic E-state index is 0.0219. The molecule has 1 aliphatic heterocycles. The van der Waals surface area contributed by atoms with Crippen molar-refractivity contribution in [2.24, 2.45) is 5.92 Å². The largest absolute Gasteiger partial charge is 0.506 e. The number of aryl methyl sites for hydroxylation is 1. The molecule has 0 radical (unpaired) electrons. The SMILES string of the molecule is Cc1cc(-c2nc(C(=O)N3CCC(C)CC3)no2)cc(Cl)c1O. The molecule has 1 N–H and O–H groups in total. The van der Waals surface area contributed by atoms with Gasteiger partial charge in [0.15, 0.2) is 0 Å². The molecule has 2 heterocycles. The van der Waals surface area contributed by atoms with E-state index in [1.807, 2.05) is 0 Å². The fraction of sp³-hybridized carbons (Fsp3) is 0.438. The Morgan fingerprint density at radius 2 is 2.09 bits per heavy atom. The summed E-state index contributed by atoms with van der Waals surface area (Å²) in [5.74, 6) is 0.712. The number of phenols is 1. The van der Waals surface area contributed by atoms with Crippen LogP contribution in [0.2, 0.25) is 5.02 Å². The number of likely N-dealkylation sites (tertiary alicyclic amines) is 1. The Labute approximate surface area is 139 Å². The molecule has 0 unspecified atom stereocenters. The fourth-order valence-electron chi connectivity index (χ4n) is 2.64. The second-order valence-corrected chi connectivity index (χ2v) is 6.43. The van der Waals surface area contributed by atoms with Gasteiger partial charge in [-0.2, -0.15) is 4.98 Å². The first-order chi connectivity index (χ1) is 11.0. The highest BCUT2D eigenvalue weighted by Crippen LogP contribution is 2.32. The van der Waals surface area contributed by atoms with Crippen LogP contribution in [0, 0.1) is 12.8 Å². The van der Waals surface area contributed by atoms with Gasteiger partial charge in [0.05, 0.1) is 5.02 Å². The van der Waals surface area contributed by atoms with Gasteiger partial charge in [-0.15, -0.1) is 0 Å². The van der Waals surface area contributed by atoms with Crippen molar-refractivity contribution in [1.29, 1.82) is 0 Å². The van der Waals surface area contributed by atoms with Crippen LogP contribution >= 0.6 is 11.6 Å². The number of aromatic hydroxyl groups is 1. The standard InChI is InChI=1S/C16H18ClN3O3/c1-9-3-5-20(6-4-9)16(22)14-18-15(23-19-14)11-7-10(2)13(21)12(17)8-11/h7-9,21H,3-6H2,1-2H3. The highest BCUT2D eigenvalue weighted by Gasteiger charge is 2.25. The Morgan fingerprint density at radius 3 is 2.74 bits per heavy atom. The Balaban J connectivity index is 1.82. The quantitative estimate of drug-likeness (QED) is 0.911. The molecule has 0 bridgehead atoms. The lowest BCUT2D eigenvalue weighted by Gasteiger charge is -2.29. The molecule has 1 amide bonds. The molecule has 122 valence electrons. The average Bonchev–Trinajstić information content (AvgIpc) is 3.02. The van der Waals surface area contributed by atoms with Gasteiger partial charge in [-0.3, -0.25) is 4.79 Å². The normalized spacial score (nSPS) is 15.9. The highest BCUT2D eigenvalue weighted by molar-refractivity contribution is 6.32. The smallest absolute Gasteiger partial charge is 0.295 e. The summed E-state index contributed by atoms with van der Waals surface area (Å²) in [6, 6.07) is 3.22. The number of carbonyl (C=O) groups excluding carboxylic acids is 1. The molecule has 0 aliphatic carbocycles. The third-order valence-electron chi connectivity index (χ3n) is 4.19. The summed E-state index contributed by atoms with van der Waals surface area (Å²) in [5.41, 5.74) is 1.17. The topological polar surface area (TPSA) is 79.5 Å². The number of amides is 1. The van der Waals surface area contributed by atoms with Gasteiger partial charge in [0.1, 0.15) is 5.75 Å². The van der Waals surface area contributed by atoms with Gasteiger partial charge >= 0.3 is 0 Å². The highest BCUT2D eigenvalue weighted by atomic mass is 35.5. The maximum Gasteiger partial charge on any atom is 0.295 e. The molecule has 6 nitrogen and oxygen atoms in total. The van der Waals surface area contributed by atoms with E-state index < -0.39 is 0 Å². The zero-order chi connectivity index (χ0) is 16.6. The molecule has 1 saturated heterocycles. The molecule has 1 aromatic heterocycles. The number of halogens is 1. The number of hydrogen-bond donors (Lipinski definition) is 1. The molecular weight excluding hydrogens is 318 g/mol. The van der Waals surface area contributed by atoms with E-state index in [2.05, 4.69) is 17.1 Å². The van der Waals surface area contributed by atoms with Crippen molar-refractivity contribution < 1.29 is 14.4 Å². The van der Waals surface area contributed by atoms with E-state index in [4.69, 9.17) is 16.1 Å². The Morgan fingerprint density at radius 1 is 1.39 bits per heavy atom. The van der Waals surface area contributed by atoms with Crippen molar-refractivity contribution in [2.75, 3.05) is 13.1 Å². The summed E-state index contributed by atoms with van der Waals surface area (Å²) in [4.78, 5) is 18.3. The van der Waals surface area contributed by atoms with Crippen LogP contribution in [0.5, 0.6) is 5.75 Å². The maximum absolute atomic E-state index is 12.4. The second-order valence-electron chi connectivity index (χ2n) is 6.02. The third kappa shape index (κ3) is 3.17. The molecule has 23 heavy (non-hydrogen) atoms. The van der Waals surface area contributed by atoms with Crippen molar-refractivity contribution >= 4 is 17.5 Å². The van der Waals surface area contributed by atoms with Crippen molar-refractivity contribution in [3.8, 4) is 17.2 Å². The van der Waals surface area contributed by atoms with Gasteiger partial charge < -0.3 is 14.5 Å². The lowest BCUT2D eigenvalue weighted by Crippen LogP contribution is -2.38. The van der Waals surface area contributed by atoms with Crippen LogP contribution in [0.1, 0.15) is 35.9 Å². The van der Waals surface area contributed by atoms with E-state index in [-0.39, 0.29) is 28.4 Å². The number of benzene rings is 1. The molecule has 3 rings (SSSR count). The number of piperidine rings is 1. The molecule has 1 aliphatic rings. The van der Waals surface area contributed by atoms with Crippen LogP contribution in [-0.2, 0) is 0 Å². The first kappa shape index (κ1) is 15.8. The predicted octanol–water partition coefficient (Wildman–Crippen LogP) is 3.28. The lowest BCUT2D eigenvalue weighted by atomic mass is 9.99. The summed E-state index contributed by atoms with van der Waals surface area (Å²) >= 11 is 5.96. The number of carbonyl (C=O) groups is 1. The van der Waals surface area contributed by atoms with E-state index in [0.29, 0.717) is 30.1 Å². The van der Waals surface area contributed by atoms with Gasteiger partial charge in [-0.1, -0.05) is 23.7 Å². The van der Waals surface area contributed by atoms with Crippen molar-refractivity contribution in [1.82, 2.24) is 15.0 Å². The number of hydrogen-bond acceptors (Lipinski definition) is 5. The molecule has 0 spiro atoms. The van der Waals surface area contributed by atoms with Crippen LogP contribution in [0.3, 0.4) is 0 Å². The van der Waals surface area contributed by atoms with E-state index in [1.54, 1.807) is 17.9 Å². The van der Waals surface area contributed by atoms with Crippen LogP contribution < -0.4 is 0 Å². The van der Waals surface area contributed by atoms with Gasteiger partial charge in [-0.05, 0) is 43.4 Å². The molecule has 0 saturated carbocycles. The molecule has 2 aromatic rings. The van der Waals surface area contributed by atoms with Gasteiger partial charge in [0.2, 0.25) is 0 Å². The first-order valence-corrected chi connectivity index (χ1v) is 7.96. The molecule has 7 heteroatoms. The number of phenolic OH excluding ortho intramolecular Hbond substituents is 1. The first-order valence-electron chi connectivity index (χ1n) is 7.58. The lowest BCUT2D eigenvalue weighted by molar-refractivity contribution is 0.0681. The molecule has 1 aromatic carbocycles. The molecule has 1 fully saturated rings. The summed E-state index contributed by atoms with van der Waals surface area (Å²) in [7, 11) is 0. The molecule has 0 atom stereocenters. The second kappa shape index (κ2) is 6.20. The zero-order valence-corrected chi connectivity index (χ0v) is 13.8. The van der Waals surface area contributed by atoms with E-state index in [9.17, 15) is 9.90 Å². The van der Waals surface area contributed by atoms with E-state index in [0.717, 1.165) is 12.8 Å². The van der Waals surface area contributed by atoms with E-state index >= 15 is 0 Å². The van der Waals surface area contributed by atoms with Crippen LogP contribution in [0.25, 0.3) is 11.5 Å². The number of rotatable bonds is 2. The van der Waals surface area contributed by atoms with Crippen molar-refractivity contribution in [3.63, 3.8) is 0 Å². The van der Waals surface area contributed by atoms with Gasteiger partial charge in [0, 0.05) is 18.7 Å². The summed E-state index contributed by atoms with van der Waals surface area (Å²) in [6.45, 7) is 5.34. The summed E-state index contributed by atoms with van der Waals surface area (Å²) < 4.78 is 5.18. The predicted molar refractivity (Wildman–Crippen MR) is 85.4 cm³/mol. The zero-order valence-electron chi connectivity index (χ0n) is 13.0. The minimum Gasteiger partial charge on any atom is -0.506 e. The van der Waals surface area contributed by atoms with Crippen molar-refractivity contribution in [2.45, 2.75) is 26.7 Å². The Kier molecular flexibility index (Phi) is 4.26. The third-order valence-corrected chi connectivity index (χ3v) is 4.48. The Bertz CT molecular complexity index is 713. The van der Waals surface area contributed by atoms with Crippen molar-refractivity contribution in [3.05, 3.63) is 28.5 Å². The average molecular weight is 336 g/mol.